The van der Waals surface area contributed by atoms with Gasteiger partial charge in [0.1, 0.15) is 5.76 Å². The Bertz CT molecular complexity index is 1080. The lowest BCUT2D eigenvalue weighted by Crippen LogP contribution is -2.42. The summed E-state index contributed by atoms with van der Waals surface area (Å²) in [4.78, 5) is 27.3. The fraction of sp³-hybridized carbons (Fsp3) is 0.391. The van der Waals surface area contributed by atoms with Crippen LogP contribution in [0.15, 0.2) is 40.9 Å². The number of para-hydroxylation sites is 1. The molecular formula is C23H27N5O3. The Balaban J connectivity index is 1.35. The molecule has 0 saturated carbocycles. The maximum atomic E-state index is 13.0. The predicted molar refractivity (Wildman–Crippen MR) is 116 cm³/mol. The first-order valence-corrected chi connectivity index (χ1v) is 10.5. The summed E-state index contributed by atoms with van der Waals surface area (Å²) in [5.74, 6) is 0.950. The molecule has 31 heavy (non-hydrogen) atoms. The number of nitrogens with zero attached hydrogens (tertiary/aromatic N) is 4. The number of aryl methyl sites for hydroxylation is 2. The number of piperidine rings is 1. The van der Waals surface area contributed by atoms with E-state index in [2.05, 4.69) is 15.6 Å². The van der Waals surface area contributed by atoms with Gasteiger partial charge < -0.3 is 14.7 Å². The minimum Gasteiger partial charge on any atom is -0.360 e. The average molecular weight is 422 g/mol. The molecule has 162 valence electrons. The van der Waals surface area contributed by atoms with Gasteiger partial charge in [-0.05, 0) is 45.7 Å². The molecule has 1 fully saturated rings. The molecule has 8 nitrogen and oxygen atoms in total. The standard InChI is InChI=1S/C23H27N5O3/c1-15-13-21(26-31-15)24-23(30)18-9-11-27(12-10-18)22(29)14-20-16(2)25-28(17(20)3)19-7-5-4-6-8-19/h4-8,13,18H,9-12,14H2,1-3H3,(H,24,26,30). The molecule has 0 radical (unpaired) electrons. The van der Waals surface area contributed by atoms with E-state index in [1.54, 1.807) is 13.0 Å². The van der Waals surface area contributed by atoms with E-state index in [1.807, 2.05) is 53.8 Å². The smallest absolute Gasteiger partial charge is 0.228 e. The molecule has 0 unspecified atom stereocenters. The molecule has 3 aromatic rings. The fourth-order valence-electron chi connectivity index (χ4n) is 4.06. The number of anilines is 1. The van der Waals surface area contributed by atoms with E-state index in [1.165, 1.54) is 0 Å². The Morgan fingerprint density at radius 1 is 1.13 bits per heavy atom. The van der Waals surface area contributed by atoms with Gasteiger partial charge in [-0.1, -0.05) is 23.4 Å². The first-order chi connectivity index (χ1) is 14.9. The Hall–Kier alpha value is -3.42. The second kappa shape index (κ2) is 8.75. The van der Waals surface area contributed by atoms with Crippen molar-refractivity contribution in [2.45, 2.75) is 40.0 Å². The zero-order chi connectivity index (χ0) is 22.0. The molecule has 0 atom stereocenters. The lowest BCUT2D eigenvalue weighted by atomic mass is 9.95. The van der Waals surface area contributed by atoms with Gasteiger partial charge in [-0.25, -0.2) is 4.68 Å². The number of carbonyl (C=O) groups excluding carboxylic acids is 2. The highest BCUT2D eigenvalue weighted by atomic mass is 16.5. The van der Waals surface area contributed by atoms with Crippen LogP contribution in [0.5, 0.6) is 0 Å². The second-order valence-corrected chi connectivity index (χ2v) is 8.04. The van der Waals surface area contributed by atoms with Gasteiger partial charge in [0.15, 0.2) is 5.82 Å². The molecule has 0 spiro atoms. The first-order valence-electron chi connectivity index (χ1n) is 10.5. The van der Waals surface area contributed by atoms with Crippen LogP contribution in [0.4, 0.5) is 5.82 Å². The van der Waals surface area contributed by atoms with Crippen LogP contribution in [0.3, 0.4) is 0 Å². The van der Waals surface area contributed by atoms with Crippen LogP contribution in [-0.4, -0.2) is 44.7 Å². The number of hydrogen-bond donors (Lipinski definition) is 1. The van der Waals surface area contributed by atoms with E-state index in [9.17, 15) is 9.59 Å². The normalized spacial score (nSPS) is 14.6. The summed E-state index contributed by atoms with van der Waals surface area (Å²) in [7, 11) is 0. The van der Waals surface area contributed by atoms with Gasteiger partial charge in [0.25, 0.3) is 0 Å². The SMILES string of the molecule is Cc1cc(NC(=O)C2CCN(C(=O)Cc3c(C)nn(-c4ccccc4)c3C)CC2)no1. The first kappa shape index (κ1) is 20.8. The highest BCUT2D eigenvalue weighted by Gasteiger charge is 2.28. The van der Waals surface area contributed by atoms with Gasteiger partial charge in [0.05, 0.1) is 17.8 Å². The third-order valence-corrected chi connectivity index (χ3v) is 5.87. The van der Waals surface area contributed by atoms with Crippen LogP contribution in [0, 0.1) is 26.7 Å². The predicted octanol–water partition coefficient (Wildman–Crippen LogP) is 3.21. The number of aromatic nitrogens is 3. The van der Waals surface area contributed by atoms with Gasteiger partial charge in [-0.3, -0.25) is 9.59 Å². The largest absolute Gasteiger partial charge is 0.360 e. The van der Waals surface area contributed by atoms with Crippen LogP contribution in [-0.2, 0) is 16.0 Å². The quantitative estimate of drug-likeness (QED) is 0.683. The maximum Gasteiger partial charge on any atom is 0.228 e. The minimum atomic E-state index is -0.134. The van der Waals surface area contributed by atoms with Crippen molar-refractivity contribution in [1.29, 1.82) is 0 Å². The van der Waals surface area contributed by atoms with Crippen molar-refractivity contribution >= 4 is 17.6 Å². The zero-order valence-corrected chi connectivity index (χ0v) is 18.1. The lowest BCUT2D eigenvalue weighted by Gasteiger charge is -2.31. The molecule has 1 aromatic carbocycles. The highest BCUT2D eigenvalue weighted by Crippen LogP contribution is 2.23. The maximum absolute atomic E-state index is 13.0. The van der Waals surface area contributed by atoms with Gasteiger partial charge in [-0.2, -0.15) is 5.10 Å². The molecule has 4 rings (SSSR count). The van der Waals surface area contributed by atoms with E-state index in [0.717, 1.165) is 22.6 Å². The van der Waals surface area contributed by atoms with Crippen LogP contribution in [0.2, 0.25) is 0 Å². The van der Waals surface area contributed by atoms with Crippen molar-refractivity contribution in [3.05, 3.63) is 59.1 Å². The van der Waals surface area contributed by atoms with Crippen molar-refractivity contribution in [3.8, 4) is 5.69 Å². The zero-order valence-electron chi connectivity index (χ0n) is 18.1. The number of rotatable bonds is 5. The van der Waals surface area contributed by atoms with Crippen LogP contribution in [0.1, 0.15) is 35.6 Å². The molecule has 1 N–H and O–H groups in total. The molecule has 8 heteroatoms. The molecule has 0 bridgehead atoms. The second-order valence-electron chi connectivity index (χ2n) is 8.04. The number of likely N-dealkylation sites (tertiary alicyclic amines) is 1. The fourth-order valence-corrected chi connectivity index (χ4v) is 4.06. The van der Waals surface area contributed by atoms with Crippen LogP contribution < -0.4 is 5.32 Å². The minimum absolute atomic E-state index is 0.0729. The Labute approximate surface area is 181 Å². The highest BCUT2D eigenvalue weighted by molar-refractivity contribution is 5.92. The van der Waals surface area contributed by atoms with Gasteiger partial charge in [0, 0.05) is 36.3 Å². The summed E-state index contributed by atoms with van der Waals surface area (Å²) in [6, 6.07) is 11.6. The monoisotopic (exact) mass is 421 g/mol. The van der Waals surface area contributed by atoms with Gasteiger partial charge >= 0.3 is 0 Å². The number of hydrogen-bond acceptors (Lipinski definition) is 5. The molecule has 1 saturated heterocycles. The van der Waals surface area contributed by atoms with Crippen molar-refractivity contribution in [2.75, 3.05) is 18.4 Å². The molecule has 1 aliphatic heterocycles. The van der Waals surface area contributed by atoms with Crippen LogP contribution in [0.25, 0.3) is 5.69 Å². The van der Waals surface area contributed by atoms with Crippen LogP contribution >= 0.6 is 0 Å². The topological polar surface area (TPSA) is 93.3 Å². The third kappa shape index (κ3) is 4.52. The van der Waals surface area contributed by atoms with E-state index >= 15 is 0 Å². The van der Waals surface area contributed by atoms with Gasteiger partial charge in [0.2, 0.25) is 11.8 Å². The van der Waals surface area contributed by atoms with Crippen molar-refractivity contribution in [1.82, 2.24) is 19.8 Å². The summed E-state index contributed by atoms with van der Waals surface area (Å²) in [6.45, 7) is 6.86. The number of amides is 2. The van der Waals surface area contributed by atoms with Crippen molar-refractivity contribution < 1.29 is 14.1 Å². The molecule has 3 heterocycles. The number of nitrogens with one attached hydrogen (secondary N) is 1. The number of benzene rings is 1. The van der Waals surface area contributed by atoms with Crippen molar-refractivity contribution in [3.63, 3.8) is 0 Å². The molecule has 1 aliphatic rings. The summed E-state index contributed by atoms with van der Waals surface area (Å²) in [5.41, 5.74) is 3.80. The van der Waals surface area contributed by atoms with E-state index in [4.69, 9.17) is 4.52 Å². The molecular weight excluding hydrogens is 394 g/mol. The van der Waals surface area contributed by atoms with Gasteiger partial charge in [-0.15, -0.1) is 0 Å². The summed E-state index contributed by atoms with van der Waals surface area (Å²) >= 11 is 0. The van der Waals surface area contributed by atoms with E-state index < -0.39 is 0 Å². The summed E-state index contributed by atoms with van der Waals surface area (Å²) in [5, 5.41) is 11.2. The Morgan fingerprint density at radius 2 is 1.84 bits per heavy atom. The summed E-state index contributed by atoms with van der Waals surface area (Å²) in [6.07, 6.45) is 1.59. The third-order valence-electron chi connectivity index (χ3n) is 5.87. The Morgan fingerprint density at radius 3 is 2.48 bits per heavy atom. The lowest BCUT2D eigenvalue weighted by molar-refractivity contribution is -0.133. The Kier molecular flexibility index (Phi) is 5.88. The van der Waals surface area contributed by atoms with Crippen molar-refractivity contribution in [2.24, 2.45) is 5.92 Å². The van der Waals surface area contributed by atoms with E-state index in [0.29, 0.717) is 43.9 Å². The summed E-state index contributed by atoms with van der Waals surface area (Å²) < 4.78 is 6.87. The van der Waals surface area contributed by atoms with E-state index in [-0.39, 0.29) is 17.7 Å². The molecule has 2 amide bonds. The number of carbonyl (C=O) groups is 2. The average Bonchev–Trinajstić information content (AvgIpc) is 3.31. The molecule has 2 aromatic heterocycles. The molecule has 0 aliphatic carbocycles.